The van der Waals surface area contributed by atoms with Crippen molar-refractivity contribution in [3.8, 4) is 0 Å². The van der Waals surface area contributed by atoms with Gasteiger partial charge in [-0.1, -0.05) is 58.5 Å². The molecule has 0 radical (unpaired) electrons. The highest BCUT2D eigenvalue weighted by Crippen LogP contribution is 2.26. The first-order valence-electron chi connectivity index (χ1n) is 21.2. The molecule has 0 aliphatic carbocycles. The summed E-state index contributed by atoms with van der Waals surface area (Å²) in [6.45, 7) is 7.01. The molecule has 4 aliphatic rings. The average Bonchev–Trinajstić information content (AvgIpc) is 4.01. The number of piperazine rings is 2. The highest BCUT2D eigenvalue weighted by atomic mass is 35.5. The van der Waals surface area contributed by atoms with Crippen molar-refractivity contribution in [2.75, 3.05) is 92.9 Å². The summed E-state index contributed by atoms with van der Waals surface area (Å²) >= 11 is 24.4. The number of aromatic nitrogens is 6. The summed E-state index contributed by atoms with van der Waals surface area (Å²) < 4.78 is 0. The van der Waals surface area contributed by atoms with Crippen molar-refractivity contribution in [2.45, 2.75) is 50.9 Å². The van der Waals surface area contributed by atoms with E-state index < -0.39 is 11.8 Å². The van der Waals surface area contributed by atoms with Gasteiger partial charge in [-0.2, -0.15) is 9.97 Å². The lowest BCUT2D eigenvalue weighted by atomic mass is 10.2. The monoisotopic (exact) mass is 970 g/mol. The van der Waals surface area contributed by atoms with Crippen LogP contribution in [0.4, 0.5) is 23.5 Å². The molecule has 0 spiro atoms. The number of nitrogens with one attached hydrogen (secondary N) is 3. The maximum atomic E-state index is 12.8. The molecule has 4 amide bonds. The van der Waals surface area contributed by atoms with Gasteiger partial charge in [-0.25, -0.2) is 0 Å². The number of hydrogen-bond acceptors (Lipinski definition) is 16. The fraction of sp³-hybridized carbons (Fsp3) is 0.463. The van der Waals surface area contributed by atoms with Crippen LogP contribution in [-0.4, -0.2) is 153 Å². The van der Waals surface area contributed by atoms with E-state index >= 15 is 0 Å². The maximum Gasteiger partial charge on any atom is 0.273 e. The van der Waals surface area contributed by atoms with Crippen LogP contribution in [0.1, 0.15) is 57.8 Å². The first-order chi connectivity index (χ1) is 31.2. The van der Waals surface area contributed by atoms with E-state index in [0.717, 1.165) is 49.9 Å². The zero-order chi connectivity index (χ0) is 46.2. The molecular formula is C41H50Cl4N16O4. The molecule has 2 aromatic carbocycles. The lowest BCUT2D eigenvalue weighted by Gasteiger charge is -2.36. The molecule has 2 atom stereocenters. The van der Waals surface area contributed by atoms with Crippen molar-refractivity contribution >= 4 is 93.6 Å². The second-order valence-corrected chi connectivity index (χ2v) is 17.6. The van der Waals surface area contributed by atoms with Crippen LogP contribution < -0.4 is 37.2 Å². The zero-order valence-electron chi connectivity index (χ0n) is 35.7. The lowest BCUT2D eigenvalue weighted by molar-refractivity contribution is -0.136. The van der Waals surface area contributed by atoms with Crippen LogP contribution in [0.25, 0.3) is 0 Å². The molecular weight excluding hydrogens is 922 g/mol. The molecule has 7 N–H and O–H groups in total. The van der Waals surface area contributed by atoms with Gasteiger partial charge in [-0.15, -0.1) is 20.4 Å². The number of benzene rings is 2. The van der Waals surface area contributed by atoms with Gasteiger partial charge in [0.2, 0.25) is 23.7 Å². The molecule has 65 heavy (non-hydrogen) atoms. The van der Waals surface area contributed by atoms with Crippen LogP contribution in [0.2, 0.25) is 20.1 Å². The Bertz CT molecular complexity index is 2380. The number of halogens is 4. The number of carbonyl (C=O) groups excluding carboxylic acids is 4. The molecule has 0 unspecified atom stereocenters. The van der Waals surface area contributed by atoms with Crippen LogP contribution in [0.5, 0.6) is 0 Å². The smallest absolute Gasteiger partial charge is 0.273 e. The fourth-order valence-electron chi connectivity index (χ4n) is 7.97. The van der Waals surface area contributed by atoms with Gasteiger partial charge in [0.1, 0.15) is 0 Å². The molecule has 6 heterocycles. The first kappa shape index (κ1) is 47.6. The summed E-state index contributed by atoms with van der Waals surface area (Å²) in [4.78, 5) is 67.8. The van der Waals surface area contributed by atoms with Crippen molar-refractivity contribution in [3.63, 3.8) is 0 Å². The lowest BCUT2D eigenvalue weighted by Crippen LogP contribution is -2.53. The number of amides is 4. The van der Waals surface area contributed by atoms with Gasteiger partial charge in [-0.05, 0) is 81.2 Å². The van der Waals surface area contributed by atoms with Gasteiger partial charge >= 0.3 is 0 Å². The standard InChI is InChI=1S/C21H26Cl2N8O2.C20H24Cl2N8O2/c1-29-6-2-3-16(29)20(33)30-7-9-31(10-8-30)21-26-19(17(18(24)32)27-28-21)25-12-13-4-5-14(22)11-15(13)23;21-13-4-3-12(14(22)10-13)11-25-18-16(17(23)31)27-28-20(26-18)30-8-6-29(7-9-30)19(32)15-2-1-5-24-15/h4-5,11,16H,2-3,6-10,12H2,1H3,(H2,24,32)(H,25,26,28);3-4,10,15,24H,1-2,5-9,11H2,(H2,23,31)(H,25,26,28)/t16-;15-/m11/s1. The Kier molecular flexibility index (Phi) is 15.9. The number of nitrogens with two attached hydrogens (primary N) is 2. The molecule has 2 aromatic heterocycles. The third-order valence-electron chi connectivity index (χ3n) is 11.7. The Balaban J connectivity index is 0.000000194. The predicted octanol–water partition coefficient (Wildman–Crippen LogP) is 2.92. The van der Waals surface area contributed by atoms with E-state index in [4.69, 9.17) is 57.9 Å². The first-order valence-corrected chi connectivity index (χ1v) is 22.7. The number of likely N-dealkylation sites (N-methyl/N-ethyl adjacent to an activating group) is 1. The summed E-state index contributed by atoms with van der Waals surface area (Å²) in [6, 6.07) is 10.2. The Morgan fingerprint density at radius 3 is 1.52 bits per heavy atom. The number of carbonyl (C=O) groups is 4. The minimum Gasteiger partial charge on any atom is -0.364 e. The van der Waals surface area contributed by atoms with Gasteiger partial charge in [-0.3, -0.25) is 24.1 Å². The highest BCUT2D eigenvalue weighted by Gasteiger charge is 2.34. The number of anilines is 4. The number of primary amides is 2. The largest absolute Gasteiger partial charge is 0.364 e. The van der Waals surface area contributed by atoms with Crippen LogP contribution in [-0.2, 0) is 22.7 Å². The second-order valence-electron chi connectivity index (χ2n) is 15.9. The normalized spacial score (nSPS) is 18.8. The summed E-state index contributed by atoms with van der Waals surface area (Å²) in [7, 11) is 2.00. The summed E-state index contributed by atoms with van der Waals surface area (Å²) in [5.74, 6) is 0.0443. The number of likely N-dealkylation sites (tertiary alicyclic amines) is 1. The Morgan fingerprint density at radius 2 is 1.12 bits per heavy atom. The van der Waals surface area contributed by atoms with E-state index in [-0.39, 0.29) is 46.9 Å². The van der Waals surface area contributed by atoms with E-state index in [2.05, 4.69) is 51.2 Å². The Labute approximate surface area is 395 Å². The SMILES string of the molecule is CN1CCC[C@@H]1C(=O)N1CCN(c2nnc(C(N)=O)c(NCc3ccc(Cl)cc3Cl)n2)CC1.NC(=O)c1nnc(N2CCN(C(=O)[C@H]3CCCN3)CC2)nc1NCc1ccc(Cl)cc1Cl. The van der Waals surface area contributed by atoms with Gasteiger partial charge in [0.05, 0.1) is 12.1 Å². The van der Waals surface area contributed by atoms with Crippen LogP contribution in [0.3, 0.4) is 0 Å². The average molecular weight is 973 g/mol. The summed E-state index contributed by atoms with van der Waals surface area (Å²) in [6.07, 6.45) is 3.87. The molecule has 0 bridgehead atoms. The van der Waals surface area contributed by atoms with Crippen molar-refractivity contribution < 1.29 is 19.2 Å². The zero-order valence-corrected chi connectivity index (χ0v) is 38.7. The summed E-state index contributed by atoms with van der Waals surface area (Å²) in [5.41, 5.74) is 12.3. The minimum absolute atomic E-state index is 0.0280. The van der Waals surface area contributed by atoms with Gasteiger partial charge in [0.25, 0.3) is 11.8 Å². The maximum absolute atomic E-state index is 12.8. The van der Waals surface area contributed by atoms with Gasteiger partial charge in [0.15, 0.2) is 23.0 Å². The molecule has 24 heteroatoms. The number of rotatable bonds is 12. The van der Waals surface area contributed by atoms with Gasteiger partial charge < -0.3 is 47.0 Å². The Morgan fingerprint density at radius 1 is 0.646 bits per heavy atom. The van der Waals surface area contributed by atoms with Gasteiger partial charge in [0, 0.05) is 85.5 Å². The Hall–Kier alpha value is -5.38. The number of hydrogen-bond donors (Lipinski definition) is 5. The predicted molar refractivity (Wildman–Crippen MR) is 249 cm³/mol. The van der Waals surface area contributed by atoms with E-state index in [9.17, 15) is 19.2 Å². The van der Waals surface area contributed by atoms with E-state index in [0.29, 0.717) is 97.4 Å². The van der Waals surface area contributed by atoms with Crippen molar-refractivity contribution in [1.29, 1.82) is 0 Å². The van der Waals surface area contributed by atoms with Crippen molar-refractivity contribution in [1.82, 2.24) is 50.4 Å². The van der Waals surface area contributed by atoms with E-state index in [1.54, 1.807) is 36.4 Å². The van der Waals surface area contributed by atoms with Crippen LogP contribution >= 0.6 is 46.4 Å². The van der Waals surface area contributed by atoms with E-state index in [1.165, 1.54) is 0 Å². The highest BCUT2D eigenvalue weighted by molar-refractivity contribution is 6.35. The molecule has 8 rings (SSSR count). The quantitative estimate of drug-likeness (QED) is 0.137. The molecule has 4 saturated heterocycles. The summed E-state index contributed by atoms with van der Waals surface area (Å²) in [5, 5.41) is 27.6. The van der Waals surface area contributed by atoms with Crippen molar-refractivity contribution in [2.24, 2.45) is 11.5 Å². The van der Waals surface area contributed by atoms with Crippen LogP contribution in [0.15, 0.2) is 36.4 Å². The topological polar surface area (TPSA) is 250 Å². The molecule has 20 nitrogen and oxygen atoms in total. The molecule has 4 fully saturated rings. The molecule has 4 aromatic rings. The third kappa shape index (κ3) is 11.9. The molecule has 346 valence electrons. The third-order valence-corrected chi connectivity index (χ3v) is 12.8. The van der Waals surface area contributed by atoms with Crippen LogP contribution in [0, 0.1) is 0 Å². The second kappa shape index (κ2) is 21.7. The molecule has 0 saturated carbocycles. The van der Waals surface area contributed by atoms with E-state index in [1.807, 2.05) is 26.6 Å². The fourth-order valence-corrected chi connectivity index (χ4v) is 8.92. The van der Waals surface area contributed by atoms with Crippen molar-refractivity contribution in [3.05, 3.63) is 79.0 Å². The minimum atomic E-state index is -0.735. The molecule has 4 aliphatic heterocycles. The number of nitrogens with zero attached hydrogens (tertiary/aromatic N) is 11.